The van der Waals surface area contributed by atoms with E-state index in [4.69, 9.17) is 10.5 Å². The van der Waals surface area contributed by atoms with Gasteiger partial charge in [0.05, 0.1) is 20.6 Å². The van der Waals surface area contributed by atoms with Crippen molar-refractivity contribution in [1.82, 2.24) is 0 Å². The fraction of sp³-hybridized carbons (Fsp3) is 0.364. The molecule has 0 saturated heterocycles. The van der Waals surface area contributed by atoms with Crippen molar-refractivity contribution in [2.24, 2.45) is 0 Å². The van der Waals surface area contributed by atoms with Gasteiger partial charge in [-0.15, -0.1) is 0 Å². The second-order valence-electron chi connectivity index (χ2n) is 16.7. The van der Waals surface area contributed by atoms with E-state index in [0.717, 1.165) is 26.2 Å². The Morgan fingerprint density at radius 2 is 0.415 bits per heavy atom. The molecule has 0 aromatic carbocycles. The first-order valence-electron chi connectivity index (χ1n) is 23.0. The van der Waals surface area contributed by atoms with Crippen LogP contribution < -0.4 is 18.3 Å². The Hall–Kier alpha value is -3.76. The first kappa shape index (κ1) is 78.2. The molecule has 0 fully saturated rings. The van der Waals surface area contributed by atoms with Gasteiger partial charge in [-0.05, 0) is 69.6 Å². The van der Waals surface area contributed by atoms with Crippen LogP contribution in [0.1, 0.15) is 78.1 Å². The Labute approximate surface area is 472 Å². The van der Waals surface area contributed by atoms with Crippen molar-refractivity contribution in [3.63, 3.8) is 0 Å². The summed E-state index contributed by atoms with van der Waals surface area (Å²) in [6.45, 7) is 7.27. The molecule has 38 heteroatoms. The van der Waals surface area contributed by atoms with Gasteiger partial charge in [0.25, 0.3) is 0 Å². The maximum atomic E-state index is 9.87. The van der Waals surface area contributed by atoms with Crippen LogP contribution >= 0.6 is 78.3 Å². The van der Waals surface area contributed by atoms with Gasteiger partial charge in [0.15, 0.2) is 49.6 Å². The second-order valence-corrected chi connectivity index (χ2v) is 28.6. The van der Waals surface area contributed by atoms with Gasteiger partial charge in [-0.25, -0.2) is 18.3 Å². The fourth-order valence-corrected chi connectivity index (χ4v) is 10.1. The van der Waals surface area contributed by atoms with E-state index in [1.807, 2.05) is 47.0 Å². The molecule has 0 radical (unpaired) electrons. The SMILES string of the molecule is C1=CSC(=C2SC=CS2)S1.CC#N.CC#N.F[P-](F)(F)(F)(F)F.F[P-](F)(F)(F)(F)F.F[P-](F)(F)(F)(F)F.F[P-](F)(F)(F)(F)F.c1c[n+]2ccc1-c1cc[n+](cc1)CCCCCCC[n+]1ccc(cc1)-c1cc[n+](cc1)CCCCCCC2. The van der Waals surface area contributed by atoms with Crippen LogP contribution in [0.2, 0.25) is 0 Å². The number of hydrogen-bond acceptors (Lipinski definition) is 6. The van der Waals surface area contributed by atoms with Crippen LogP contribution in [-0.2, 0) is 26.2 Å². The zero-order valence-electron chi connectivity index (χ0n) is 42.6. The van der Waals surface area contributed by atoms with Crippen molar-refractivity contribution in [2.75, 3.05) is 0 Å². The minimum Gasteiger partial charge on any atom is -0.205 e. The fourth-order valence-electron chi connectivity index (χ4n) is 6.04. The number of pyridine rings is 4. The summed E-state index contributed by atoms with van der Waals surface area (Å²) in [5.74, 6) is 0. The molecule has 8 bridgehead atoms. The van der Waals surface area contributed by atoms with E-state index in [9.17, 15) is 101 Å². The third kappa shape index (κ3) is 63.8. The van der Waals surface area contributed by atoms with Crippen LogP contribution in [0.4, 0.5) is 101 Å². The molecule has 16 rings (SSSR count). The second kappa shape index (κ2) is 28.2. The molecule has 0 unspecified atom stereocenters. The van der Waals surface area contributed by atoms with Gasteiger partial charge in [-0.1, -0.05) is 59.9 Å². The molecule has 472 valence electrons. The number of nitrogens with zero attached hydrogens (tertiary/aromatic N) is 6. The summed E-state index contributed by atoms with van der Waals surface area (Å²) in [6.07, 6.45) is 30.7. The third-order valence-corrected chi connectivity index (χ3v) is 13.7. The Balaban J connectivity index is 0.00000120. The minimum absolute atomic E-state index is 1.10. The van der Waals surface area contributed by atoms with Crippen LogP contribution in [0.3, 0.4) is 0 Å². The molecule has 4 aromatic rings. The van der Waals surface area contributed by atoms with E-state index in [-0.39, 0.29) is 0 Å². The maximum Gasteiger partial charge on any atom is 0.169 e. The summed E-state index contributed by atoms with van der Waals surface area (Å²) in [6, 6.07) is 21.6. The van der Waals surface area contributed by atoms with Crippen LogP contribution in [0.5, 0.6) is 0 Å². The summed E-state index contributed by atoms with van der Waals surface area (Å²) < 4.78 is 249. The van der Waals surface area contributed by atoms with E-state index in [1.165, 1.54) is 109 Å². The molecule has 0 amide bonds. The zero-order chi connectivity index (χ0) is 63.7. The standard InChI is InChI=1S/C34H44N4.C6H4S4.2C2H3N.4F6P/c1-3-7-19-35-23-11-31(12-24-35)33-15-27-37(28-16-33)21-9-5-2-6-10-22-38-29-17-34(18-30-38)32-13-25-36(26-14-32)20-8-4-1;1-2-8-5(7-1)6-9-3-4-10-6;2*1-2-3;4*1-7(2,3,4,5)6/h11-18,23-30H,1-10,19-22H2;1-4H;2*1H3;;;;/q+4;;;;4*-1. The molecule has 0 N–H and O–H groups in total. The molecule has 0 atom stereocenters. The number of hydrogen-bond donors (Lipinski definition) is 0. The van der Waals surface area contributed by atoms with Crippen LogP contribution in [0.25, 0.3) is 22.3 Å². The Morgan fingerprint density at radius 3 is 0.549 bits per heavy atom. The van der Waals surface area contributed by atoms with Crippen LogP contribution in [-0.4, -0.2) is 0 Å². The van der Waals surface area contributed by atoms with Gasteiger partial charge in [-0.2, -0.15) is 10.5 Å². The largest absolute Gasteiger partial charge is 0.205 e. The normalized spacial score (nSPS) is 18.3. The van der Waals surface area contributed by atoms with E-state index >= 15 is 0 Å². The van der Waals surface area contributed by atoms with E-state index in [2.05, 4.69) is 138 Å². The topological polar surface area (TPSA) is 63.1 Å². The number of nitriles is 2. The quantitative estimate of drug-likeness (QED) is 0.0993. The average molecular weight is 1380 g/mol. The number of aryl methyl sites for hydroxylation is 4. The number of aromatic nitrogens is 4. The number of thioether (sulfide) groups is 4. The van der Waals surface area contributed by atoms with Gasteiger partial charge in [0, 0.05) is 88.1 Å². The van der Waals surface area contributed by atoms with Crippen molar-refractivity contribution in [3.8, 4) is 34.4 Å². The van der Waals surface area contributed by atoms with Gasteiger partial charge >= 0.3 is 132 Å². The zero-order valence-corrected chi connectivity index (χ0v) is 49.5. The summed E-state index contributed by atoms with van der Waals surface area (Å²) in [5.41, 5.74) is 5.19. The van der Waals surface area contributed by atoms with Crippen molar-refractivity contribution in [2.45, 2.75) is 104 Å². The van der Waals surface area contributed by atoms with Crippen molar-refractivity contribution < 1.29 is 119 Å². The number of rotatable bonds is 0. The molecule has 16 heterocycles. The first-order chi connectivity index (χ1) is 36.4. The van der Waals surface area contributed by atoms with Crippen LogP contribution in [0.15, 0.2) is 128 Å². The van der Waals surface area contributed by atoms with Crippen LogP contribution in [0, 0.1) is 22.7 Å². The third-order valence-electron chi connectivity index (χ3n) is 8.87. The Morgan fingerprint density at radius 1 is 0.293 bits per heavy atom. The number of halogens is 24. The van der Waals surface area contributed by atoms with Crippen molar-refractivity contribution in [1.29, 1.82) is 10.5 Å². The molecule has 0 aliphatic carbocycles. The monoisotopic (exact) mass is 1370 g/mol. The van der Waals surface area contributed by atoms with E-state index in [1.54, 1.807) is 12.1 Å². The molecule has 0 saturated carbocycles. The Kier molecular flexibility index (Phi) is 26.9. The molecule has 4 aromatic heterocycles. The summed E-state index contributed by atoms with van der Waals surface area (Å²) >= 11 is 7.28. The van der Waals surface area contributed by atoms with E-state index < -0.39 is 31.2 Å². The van der Waals surface area contributed by atoms with Gasteiger partial charge in [0.2, 0.25) is 0 Å². The smallest absolute Gasteiger partial charge is 0.169 e. The van der Waals surface area contributed by atoms with Crippen molar-refractivity contribution >= 4 is 78.3 Å². The molecule has 82 heavy (non-hydrogen) atoms. The van der Waals surface area contributed by atoms with Gasteiger partial charge in [-0.3, -0.25) is 0 Å². The summed E-state index contributed by atoms with van der Waals surface area (Å²) in [5, 5.41) is 23.2. The summed E-state index contributed by atoms with van der Waals surface area (Å²) in [4.78, 5) is 0. The maximum absolute atomic E-state index is 10.7. The predicted molar refractivity (Wildman–Crippen MR) is 283 cm³/mol. The van der Waals surface area contributed by atoms with Gasteiger partial charge < -0.3 is 0 Å². The molecule has 12 aliphatic rings. The van der Waals surface area contributed by atoms with Gasteiger partial charge in [0.1, 0.15) is 26.2 Å². The van der Waals surface area contributed by atoms with Crippen molar-refractivity contribution in [3.05, 3.63) is 128 Å². The average Bonchev–Trinajstić information content (AvgIpc) is 4.02. The van der Waals surface area contributed by atoms with E-state index in [0.29, 0.717) is 0 Å². The predicted octanol–water partition coefficient (Wildman–Crippen LogP) is 24.4. The summed E-state index contributed by atoms with van der Waals surface area (Å²) in [7, 11) is -42.6. The Bertz CT molecular complexity index is 2380. The minimum atomic E-state index is -10.7. The molecule has 12 aliphatic heterocycles. The molecule has 6 nitrogen and oxygen atoms in total. The molecule has 0 spiro atoms. The first-order valence-corrected chi connectivity index (χ1v) is 34.6. The molecular formula is C44H54F24N6P4S4. The molecular weight excluding hydrogens is 1320 g/mol.